The number of nitrogens with one attached hydrogen (secondary N) is 2. The summed E-state index contributed by atoms with van der Waals surface area (Å²) in [5.41, 5.74) is 4.29. The molecule has 2 N–H and O–H groups in total. The molecule has 0 atom stereocenters. The molecular formula is C18H17F2N3OS2. The molecule has 8 heteroatoms. The predicted octanol–water partition coefficient (Wildman–Crippen LogP) is 5.00. The summed E-state index contributed by atoms with van der Waals surface area (Å²) in [6.07, 6.45) is 5.17. The average molecular weight is 393 g/mol. The molecule has 0 saturated carbocycles. The number of hydrogen-bond donors (Lipinski definition) is 2. The van der Waals surface area contributed by atoms with Gasteiger partial charge in [0.05, 0.1) is 7.11 Å². The molecule has 0 saturated heterocycles. The van der Waals surface area contributed by atoms with Crippen molar-refractivity contribution in [3.05, 3.63) is 60.2 Å². The summed E-state index contributed by atoms with van der Waals surface area (Å²) in [7, 11) is 1.62. The highest BCUT2D eigenvalue weighted by Gasteiger charge is 2.05. The minimum Gasteiger partial charge on any atom is -0.496 e. The fraction of sp³-hybridized carbons (Fsp3) is 0.111. The zero-order valence-corrected chi connectivity index (χ0v) is 15.5. The molecule has 0 radical (unpaired) electrons. The van der Waals surface area contributed by atoms with E-state index in [1.165, 1.54) is 0 Å². The van der Waals surface area contributed by atoms with E-state index in [0.29, 0.717) is 27.5 Å². The molecule has 0 aliphatic rings. The first-order valence-corrected chi connectivity index (χ1v) is 8.82. The molecule has 0 heterocycles. The van der Waals surface area contributed by atoms with Gasteiger partial charge >= 0.3 is 0 Å². The number of thioether (sulfide) groups is 1. The minimum atomic E-state index is -2.44. The first-order chi connectivity index (χ1) is 12.6. The molecule has 26 heavy (non-hydrogen) atoms. The SMILES string of the molecule is COc1ccccc1/C=C/C=N\NC(=S)Nc1ccc(SC(F)F)cc1. The summed E-state index contributed by atoms with van der Waals surface area (Å²) in [5, 5.41) is 7.19. The van der Waals surface area contributed by atoms with E-state index >= 15 is 0 Å². The van der Waals surface area contributed by atoms with Crippen molar-refractivity contribution in [2.24, 2.45) is 5.10 Å². The fourth-order valence-electron chi connectivity index (χ4n) is 1.97. The van der Waals surface area contributed by atoms with Gasteiger partial charge in [0.2, 0.25) is 0 Å². The number of thiocarbonyl (C=S) groups is 1. The van der Waals surface area contributed by atoms with Crippen LogP contribution in [0.1, 0.15) is 5.56 Å². The van der Waals surface area contributed by atoms with Crippen molar-refractivity contribution >= 4 is 47.1 Å². The van der Waals surface area contributed by atoms with Gasteiger partial charge in [-0.3, -0.25) is 5.43 Å². The molecule has 0 amide bonds. The lowest BCUT2D eigenvalue weighted by atomic mass is 10.2. The Morgan fingerprint density at radius 2 is 1.92 bits per heavy atom. The first-order valence-electron chi connectivity index (χ1n) is 7.53. The fourth-order valence-corrected chi connectivity index (χ4v) is 2.64. The standard InChI is InChI=1S/C18H17F2N3OS2/c1-24-16-7-3-2-5-13(16)6-4-12-21-23-18(25)22-14-8-10-15(11-9-14)26-17(19)20/h2-12,17H,1H3,(H2,22,23,25)/b6-4+,21-12-. The number of anilines is 1. The molecule has 2 rings (SSSR count). The number of benzene rings is 2. The van der Waals surface area contributed by atoms with Gasteiger partial charge in [-0.15, -0.1) is 0 Å². The first kappa shape index (κ1) is 19.9. The highest BCUT2D eigenvalue weighted by atomic mass is 32.2. The van der Waals surface area contributed by atoms with Gasteiger partial charge in [0.1, 0.15) is 5.75 Å². The highest BCUT2D eigenvalue weighted by Crippen LogP contribution is 2.26. The molecule has 4 nitrogen and oxygen atoms in total. The summed E-state index contributed by atoms with van der Waals surface area (Å²) in [6, 6.07) is 14.2. The Labute approximate surface area is 160 Å². The molecule has 0 aliphatic carbocycles. The Kier molecular flexibility index (Phi) is 8.04. The van der Waals surface area contributed by atoms with Crippen molar-refractivity contribution in [2.45, 2.75) is 10.7 Å². The van der Waals surface area contributed by atoms with E-state index in [2.05, 4.69) is 15.8 Å². The second-order valence-electron chi connectivity index (χ2n) is 4.85. The van der Waals surface area contributed by atoms with E-state index in [4.69, 9.17) is 17.0 Å². The summed E-state index contributed by atoms with van der Waals surface area (Å²) < 4.78 is 29.8. The van der Waals surface area contributed by atoms with E-state index < -0.39 is 5.76 Å². The summed E-state index contributed by atoms with van der Waals surface area (Å²) in [5.74, 6) is -1.66. The van der Waals surface area contributed by atoms with Crippen LogP contribution in [-0.4, -0.2) is 24.2 Å². The molecule has 0 aromatic heterocycles. The van der Waals surface area contributed by atoms with E-state index in [-0.39, 0.29) is 0 Å². The number of ether oxygens (including phenoxy) is 1. The molecule has 0 bridgehead atoms. The summed E-state index contributed by atoms with van der Waals surface area (Å²) in [6.45, 7) is 0. The van der Waals surface area contributed by atoms with E-state index in [9.17, 15) is 8.78 Å². The Hall–Kier alpha value is -2.45. The van der Waals surface area contributed by atoms with Crippen LogP contribution in [0.15, 0.2) is 64.6 Å². The second kappa shape index (κ2) is 10.5. The maximum absolute atomic E-state index is 12.3. The van der Waals surface area contributed by atoms with Crippen LogP contribution in [0.5, 0.6) is 5.75 Å². The largest absolute Gasteiger partial charge is 0.496 e. The molecule has 0 spiro atoms. The monoisotopic (exact) mass is 393 g/mol. The number of rotatable bonds is 7. The van der Waals surface area contributed by atoms with Crippen LogP contribution in [0.3, 0.4) is 0 Å². The van der Waals surface area contributed by atoms with Crippen LogP contribution < -0.4 is 15.5 Å². The molecule has 2 aromatic carbocycles. The van der Waals surface area contributed by atoms with Crippen molar-refractivity contribution in [2.75, 3.05) is 12.4 Å². The van der Waals surface area contributed by atoms with Crippen molar-refractivity contribution in [3.63, 3.8) is 0 Å². The van der Waals surface area contributed by atoms with Gasteiger partial charge in [-0.1, -0.05) is 30.0 Å². The smallest absolute Gasteiger partial charge is 0.288 e. The number of para-hydroxylation sites is 1. The Morgan fingerprint density at radius 3 is 2.62 bits per heavy atom. The summed E-state index contributed by atoms with van der Waals surface area (Å²) >= 11 is 5.61. The van der Waals surface area contributed by atoms with Gasteiger partial charge in [0, 0.05) is 22.4 Å². The molecular weight excluding hydrogens is 376 g/mol. The van der Waals surface area contributed by atoms with Gasteiger partial charge in [0.25, 0.3) is 5.76 Å². The molecule has 0 aliphatic heterocycles. The lowest BCUT2D eigenvalue weighted by Crippen LogP contribution is -2.23. The van der Waals surface area contributed by atoms with Crippen molar-refractivity contribution in [3.8, 4) is 5.75 Å². The molecule has 0 fully saturated rings. The third-order valence-electron chi connectivity index (χ3n) is 3.08. The Balaban J connectivity index is 1.81. The Morgan fingerprint density at radius 1 is 1.19 bits per heavy atom. The van der Waals surface area contributed by atoms with Crippen LogP contribution in [0, 0.1) is 0 Å². The van der Waals surface area contributed by atoms with Crippen LogP contribution in [0.4, 0.5) is 14.5 Å². The van der Waals surface area contributed by atoms with Gasteiger partial charge in [0.15, 0.2) is 5.11 Å². The molecule has 0 unspecified atom stereocenters. The third-order valence-corrected chi connectivity index (χ3v) is 3.99. The van der Waals surface area contributed by atoms with Gasteiger partial charge in [-0.25, -0.2) is 0 Å². The van der Waals surface area contributed by atoms with Crippen LogP contribution in [-0.2, 0) is 0 Å². The van der Waals surface area contributed by atoms with Gasteiger partial charge in [-0.2, -0.15) is 13.9 Å². The lowest BCUT2D eigenvalue weighted by Gasteiger charge is -2.07. The predicted molar refractivity (Wildman–Crippen MR) is 108 cm³/mol. The van der Waals surface area contributed by atoms with Crippen molar-refractivity contribution in [1.82, 2.24) is 5.43 Å². The zero-order valence-electron chi connectivity index (χ0n) is 13.9. The number of alkyl halides is 2. The van der Waals surface area contributed by atoms with Crippen LogP contribution in [0.25, 0.3) is 6.08 Å². The normalized spacial score (nSPS) is 11.2. The van der Waals surface area contributed by atoms with Gasteiger partial charge < -0.3 is 10.1 Å². The third kappa shape index (κ3) is 6.81. The minimum absolute atomic E-state index is 0.293. The molecule has 2 aromatic rings. The number of nitrogens with zero attached hydrogens (tertiary/aromatic N) is 1. The van der Waals surface area contributed by atoms with Gasteiger partial charge in [-0.05, 0) is 54.7 Å². The number of hydrogen-bond acceptors (Lipinski definition) is 4. The number of halogens is 2. The number of hydrazone groups is 1. The topological polar surface area (TPSA) is 45.6 Å². The highest BCUT2D eigenvalue weighted by molar-refractivity contribution is 7.99. The number of methoxy groups -OCH3 is 1. The lowest BCUT2D eigenvalue weighted by molar-refractivity contribution is 0.252. The summed E-state index contributed by atoms with van der Waals surface area (Å²) in [4.78, 5) is 0.490. The van der Waals surface area contributed by atoms with E-state index in [1.54, 1.807) is 43.7 Å². The second-order valence-corrected chi connectivity index (χ2v) is 6.32. The van der Waals surface area contributed by atoms with Crippen LogP contribution in [0.2, 0.25) is 0 Å². The zero-order chi connectivity index (χ0) is 18.8. The maximum atomic E-state index is 12.3. The van der Waals surface area contributed by atoms with Crippen molar-refractivity contribution < 1.29 is 13.5 Å². The van der Waals surface area contributed by atoms with E-state index in [1.807, 2.05) is 30.3 Å². The van der Waals surface area contributed by atoms with E-state index in [0.717, 1.165) is 11.3 Å². The average Bonchev–Trinajstić information content (AvgIpc) is 2.63. The quantitative estimate of drug-likeness (QED) is 0.300. The number of allylic oxidation sites excluding steroid dienone is 1. The Bertz CT molecular complexity index is 780. The van der Waals surface area contributed by atoms with Crippen molar-refractivity contribution in [1.29, 1.82) is 0 Å². The molecule has 136 valence electrons. The maximum Gasteiger partial charge on any atom is 0.288 e. The van der Waals surface area contributed by atoms with Crippen LogP contribution >= 0.6 is 24.0 Å².